The van der Waals surface area contributed by atoms with Gasteiger partial charge in [-0.05, 0) is 35.9 Å². The third kappa shape index (κ3) is 3.20. The molecule has 0 fully saturated rings. The van der Waals surface area contributed by atoms with Crippen LogP contribution in [0.4, 0.5) is 0 Å². The summed E-state index contributed by atoms with van der Waals surface area (Å²) < 4.78 is 10.8. The van der Waals surface area contributed by atoms with Gasteiger partial charge in [0.1, 0.15) is 11.5 Å². The molecule has 0 saturated carbocycles. The summed E-state index contributed by atoms with van der Waals surface area (Å²) in [6.07, 6.45) is 0.231. The second-order valence-corrected chi connectivity index (χ2v) is 6.67. The number of nitrogens with one attached hydrogen (secondary N) is 2. The fourth-order valence-electron chi connectivity index (χ4n) is 3.49. The van der Waals surface area contributed by atoms with Crippen molar-refractivity contribution in [1.82, 2.24) is 10.4 Å². The second kappa shape index (κ2) is 7.36. The first kappa shape index (κ1) is 18.1. The third-order valence-electron chi connectivity index (χ3n) is 4.96. The smallest absolute Gasteiger partial charge is 0.240 e. The summed E-state index contributed by atoms with van der Waals surface area (Å²) in [7, 11) is 3.25. The molecule has 1 amide bonds. The number of hydrogen-bond donors (Lipinski definition) is 3. The summed E-state index contributed by atoms with van der Waals surface area (Å²) in [4.78, 5) is 14.9. The van der Waals surface area contributed by atoms with Crippen LogP contribution in [0.3, 0.4) is 0 Å². The van der Waals surface area contributed by atoms with Crippen molar-refractivity contribution in [3.05, 3.63) is 48.0 Å². The van der Waals surface area contributed by atoms with E-state index in [1.54, 1.807) is 14.2 Å². The molecule has 3 N–H and O–H groups in total. The topological polar surface area (TPSA) is 95.9 Å². The van der Waals surface area contributed by atoms with Gasteiger partial charge in [0.15, 0.2) is 0 Å². The average Bonchev–Trinajstić information content (AvgIpc) is 3.16. The van der Waals surface area contributed by atoms with E-state index < -0.39 is 0 Å². The Labute approximate surface area is 162 Å². The summed E-state index contributed by atoms with van der Waals surface area (Å²) in [6.45, 7) is -0.119. The molecule has 2 aromatic carbocycles. The van der Waals surface area contributed by atoms with Crippen LogP contribution in [0.15, 0.2) is 47.6 Å². The van der Waals surface area contributed by atoms with Crippen LogP contribution in [0.1, 0.15) is 12.0 Å². The van der Waals surface area contributed by atoms with Gasteiger partial charge < -0.3 is 19.6 Å². The Morgan fingerprint density at radius 3 is 2.75 bits per heavy atom. The van der Waals surface area contributed by atoms with Crippen LogP contribution >= 0.6 is 0 Å². The van der Waals surface area contributed by atoms with Gasteiger partial charge >= 0.3 is 0 Å². The van der Waals surface area contributed by atoms with Gasteiger partial charge in [-0.15, -0.1) is 0 Å². The molecule has 3 aromatic rings. The number of rotatable bonds is 5. The number of nitrogens with zero attached hydrogens (tertiary/aromatic N) is 1. The highest BCUT2D eigenvalue weighted by Crippen LogP contribution is 2.34. The van der Waals surface area contributed by atoms with E-state index in [9.17, 15) is 9.90 Å². The molecule has 144 valence electrons. The number of carbonyl (C=O) groups is 1. The Morgan fingerprint density at radius 1 is 1.14 bits per heavy atom. The molecule has 0 bridgehead atoms. The Bertz CT molecular complexity index is 1070. The lowest BCUT2D eigenvalue weighted by Gasteiger charge is -2.20. The largest absolute Gasteiger partial charge is 0.497 e. The van der Waals surface area contributed by atoms with Crippen LogP contribution in [0, 0.1) is 5.92 Å². The number of methoxy groups -OCH3 is 2. The highest BCUT2D eigenvalue weighted by molar-refractivity contribution is 6.08. The van der Waals surface area contributed by atoms with E-state index >= 15 is 0 Å². The minimum atomic E-state index is -0.300. The quantitative estimate of drug-likeness (QED) is 0.635. The molecule has 1 aromatic heterocycles. The van der Waals surface area contributed by atoms with Crippen LogP contribution in [0.2, 0.25) is 0 Å². The van der Waals surface area contributed by atoms with E-state index in [1.807, 2.05) is 42.5 Å². The molecular weight excluding hydrogens is 358 g/mol. The lowest BCUT2D eigenvalue weighted by molar-refractivity contribution is -0.122. The molecule has 0 saturated heterocycles. The number of aliphatic hydroxyl groups excluding tert-OH is 1. The highest BCUT2D eigenvalue weighted by atomic mass is 16.5. The van der Waals surface area contributed by atoms with Gasteiger partial charge in [-0.1, -0.05) is 6.07 Å². The van der Waals surface area contributed by atoms with E-state index in [0.717, 1.165) is 33.5 Å². The van der Waals surface area contributed by atoms with Crippen LogP contribution in [-0.2, 0) is 4.79 Å². The van der Waals surface area contributed by atoms with Gasteiger partial charge in [0.25, 0.3) is 0 Å². The van der Waals surface area contributed by atoms with Crippen molar-refractivity contribution in [1.29, 1.82) is 0 Å². The maximum atomic E-state index is 11.5. The number of hydrazone groups is 1. The number of aromatic nitrogens is 1. The number of aliphatic hydroxyl groups is 1. The molecule has 7 nitrogen and oxygen atoms in total. The number of ether oxygens (including phenoxy) is 2. The van der Waals surface area contributed by atoms with E-state index in [1.165, 1.54) is 0 Å². The van der Waals surface area contributed by atoms with Crippen molar-refractivity contribution in [2.24, 2.45) is 11.0 Å². The highest BCUT2D eigenvalue weighted by Gasteiger charge is 2.25. The molecule has 0 spiro atoms. The molecule has 28 heavy (non-hydrogen) atoms. The van der Waals surface area contributed by atoms with Crippen LogP contribution in [-0.4, -0.2) is 42.5 Å². The first-order valence-electron chi connectivity index (χ1n) is 8.95. The molecular formula is C21H21N3O4. The SMILES string of the molecule is COc1ccc(-c2cc3cc(C4=NNC(=O)CC4CO)ccc3[nH]2)c(OC)c1. The van der Waals surface area contributed by atoms with Gasteiger partial charge in [0.05, 0.1) is 32.2 Å². The van der Waals surface area contributed by atoms with Crippen molar-refractivity contribution in [2.45, 2.75) is 6.42 Å². The fraction of sp³-hybridized carbons (Fsp3) is 0.238. The second-order valence-electron chi connectivity index (χ2n) is 6.67. The van der Waals surface area contributed by atoms with Crippen molar-refractivity contribution in [3.63, 3.8) is 0 Å². The van der Waals surface area contributed by atoms with Gasteiger partial charge in [0.2, 0.25) is 5.91 Å². The molecule has 4 rings (SSSR count). The molecule has 7 heteroatoms. The van der Waals surface area contributed by atoms with E-state index in [-0.39, 0.29) is 24.9 Å². The van der Waals surface area contributed by atoms with Gasteiger partial charge in [-0.2, -0.15) is 5.10 Å². The average molecular weight is 379 g/mol. The molecule has 1 aliphatic rings. The predicted octanol–water partition coefficient (Wildman–Crippen LogP) is 2.68. The summed E-state index contributed by atoms with van der Waals surface area (Å²) in [5.74, 6) is 0.961. The number of H-pyrrole nitrogens is 1. The van der Waals surface area contributed by atoms with Crippen molar-refractivity contribution in [2.75, 3.05) is 20.8 Å². The molecule has 1 aliphatic heterocycles. The zero-order chi connectivity index (χ0) is 19.7. The van der Waals surface area contributed by atoms with E-state index in [0.29, 0.717) is 11.5 Å². The number of hydrogen-bond acceptors (Lipinski definition) is 5. The monoisotopic (exact) mass is 379 g/mol. The first-order valence-corrected chi connectivity index (χ1v) is 8.95. The number of fused-ring (bicyclic) bond motifs is 1. The van der Waals surface area contributed by atoms with E-state index in [4.69, 9.17) is 9.47 Å². The van der Waals surface area contributed by atoms with Crippen LogP contribution in [0.5, 0.6) is 11.5 Å². The lowest BCUT2D eigenvalue weighted by atomic mass is 9.92. The summed E-state index contributed by atoms with van der Waals surface area (Å²) in [5.41, 5.74) is 6.88. The van der Waals surface area contributed by atoms with Crippen LogP contribution < -0.4 is 14.9 Å². The van der Waals surface area contributed by atoms with Crippen molar-refractivity contribution in [3.8, 4) is 22.8 Å². The maximum absolute atomic E-state index is 11.5. The minimum Gasteiger partial charge on any atom is -0.497 e. The summed E-state index contributed by atoms with van der Waals surface area (Å²) >= 11 is 0. The fourth-order valence-corrected chi connectivity index (χ4v) is 3.49. The zero-order valence-corrected chi connectivity index (χ0v) is 15.7. The first-order chi connectivity index (χ1) is 13.6. The molecule has 1 atom stereocenters. The maximum Gasteiger partial charge on any atom is 0.240 e. The Morgan fingerprint density at radius 2 is 2.00 bits per heavy atom. The Kier molecular flexibility index (Phi) is 4.75. The predicted molar refractivity (Wildman–Crippen MR) is 107 cm³/mol. The number of carbonyl (C=O) groups excluding carboxylic acids is 1. The number of benzene rings is 2. The van der Waals surface area contributed by atoms with Gasteiger partial charge in [0, 0.05) is 34.9 Å². The molecule has 0 aliphatic carbocycles. The molecule has 2 heterocycles. The van der Waals surface area contributed by atoms with Crippen LogP contribution in [0.25, 0.3) is 22.2 Å². The lowest BCUT2D eigenvalue weighted by Crippen LogP contribution is -2.35. The number of aromatic amines is 1. The minimum absolute atomic E-state index is 0.119. The Balaban J connectivity index is 1.74. The van der Waals surface area contributed by atoms with E-state index in [2.05, 4.69) is 15.5 Å². The normalized spacial score (nSPS) is 16.6. The molecule has 0 radical (unpaired) electrons. The third-order valence-corrected chi connectivity index (χ3v) is 4.96. The zero-order valence-electron chi connectivity index (χ0n) is 15.7. The summed E-state index contributed by atoms with van der Waals surface area (Å²) in [6, 6.07) is 13.6. The van der Waals surface area contributed by atoms with Gasteiger partial charge in [-0.25, -0.2) is 5.43 Å². The Hall–Kier alpha value is -3.32. The van der Waals surface area contributed by atoms with Gasteiger partial charge in [-0.3, -0.25) is 4.79 Å². The summed E-state index contributed by atoms with van der Waals surface area (Å²) in [5, 5.41) is 14.8. The van der Waals surface area contributed by atoms with Crippen molar-refractivity contribution >= 4 is 22.5 Å². The number of amides is 1. The standard InChI is InChI=1S/C21H21N3O4/c1-27-15-4-5-16(19(10-15)28-2)18-8-13-7-12(3-6-17(13)22-18)21-14(11-25)9-20(26)23-24-21/h3-8,10,14,22,25H,9,11H2,1-2H3,(H,23,26). The van der Waals surface area contributed by atoms with Crippen molar-refractivity contribution < 1.29 is 19.4 Å². The molecule has 1 unspecified atom stereocenters.